The van der Waals surface area contributed by atoms with Crippen LogP contribution in [0, 0.1) is 6.92 Å². The molecule has 0 aliphatic rings. The van der Waals surface area contributed by atoms with Crippen LogP contribution in [0.1, 0.15) is 23.6 Å². The van der Waals surface area contributed by atoms with Crippen LogP contribution >= 0.6 is 11.3 Å². The van der Waals surface area contributed by atoms with Gasteiger partial charge in [0.2, 0.25) is 0 Å². The molecule has 0 amide bonds. The summed E-state index contributed by atoms with van der Waals surface area (Å²) in [6, 6.07) is 41.7. The normalized spacial score (nSPS) is 12.3. The summed E-state index contributed by atoms with van der Waals surface area (Å²) < 4.78 is 2.64. The number of aryl methyl sites for hydroxylation is 1. The maximum Gasteiger partial charge on any atom is 0.0433 e. The maximum absolute atomic E-state index is 4.02. The zero-order valence-electron chi connectivity index (χ0n) is 22.3. The quantitative estimate of drug-likeness (QED) is 0.192. The van der Waals surface area contributed by atoms with E-state index >= 15 is 0 Å². The molecule has 0 nitrogen and oxygen atoms in total. The van der Waals surface area contributed by atoms with E-state index in [2.05, 4.69) is 148 Å². The zero-order chi connectivity index (χ0) is 26.8. The van der Waals surface area contributed by atoms with Crippen LogP contribution in [0.5, 0.6) is 0 Å². The molecule has 0 unspecified atom stereocenters. The first-order valence-corrected chi connectivity index (χ1v) is 14.1. The second kappa shape index (κ2) is 10.7. The highest BCUT2D eigenvalue weighted by atomic mass is 32.1. The van der Waals surface area contributed by atoms with Gasteiger partial charge in [0.15, 0.2) is 0 Å². The van der Waals surface area contributed by atoms with Gasteiger partial charge in [-0.15, -0.1) is 11.3 Å². The fourth-order valence-electron chi connectivity index (χ4n) is 5.28. The Bertz CT molecular complexity index is 1890. The Morgan fingerprint density at radius 1 is 0.667 bits per heavy atom. The zero-order valence-corrected chi connectivity index (χ0v) is 23.1. The second-order valence-electron chi connectivity index (χ2n) is 10.00. The Labute approximate surface area is 234 Å². The SMILES string of the molecule is C=C/C=C(\C=C(/C)c1cccc(-c2cccc(-c3cccc(C)c3)c2)c1)c1cccc2c1sc1ccccc12. The van der Waals surface area contributed by atoms with Gasteiger partial charge in [-0.05, 0) is 76.6 Å². The summed E-state index contributed by atoms with van der Waals surface area (Å²) in [5.41, 5.74) is 11.1. The van der Waals surface area contributed by atoms with Crippen molar-refractivity contribution < 1.29 is 0 Å². The molecule has 6 aromatic rings. The average molecular weight is 519 g/mol. The van der Waals surface area contributed by atoms with Crippen molar-refractivity contribution in [2.24, 2.45) is 0 Å². The number of allylic oxidation sites excluding steroid dienone is 5. The lowest BCUT2D eigenvalue weighted by atomic mass is 9.94. The third-order valence-electron chi connectivity index (χ3n) is 7.25. The minimum atomic E-state index is 1.17. The first-order valence-electron chi connectivity index (χ1n) is 13.3. The van der Waals surface area contributed by atoms with Crippen molar-refractivity contribution in [1.29, 1.82) is 0 Å². The van der Waals surface area contributed by atoms with Crippen molar-refractivity contribution in [2.75, 3.05) is 0 Å². The van der Waals surface area contributed by atoms with E-state index in [1.807, 2.05) is 17.4 Å². The summed E-state index contributed by atoms with van der Waals surface area (Å²) >= 11 is 1.86. The Morgan fingerprint density at radius 2 is 1.31 bits per heavy atom. The van der Waals surface area contributed by atoms with Crippen molar-refractivity contribution in [3.63, 3.8) is 0 Å². The van der Waals surface area contributed by atoms with Gasteiger partial charge in [0.05, 0.1) is 0 Å². The standard InChI is InChI=1S/C38H30S/c1-4-11-33(34-19-10-20-36-35-18-5-6-21-37(35)39-38(34)36)23-27(3)28-13-8-15-30(24-28)32-17-9-16-31(25-32)29-14-7-12-26(2)22-29/h4-25H,1H2,2-3H3/b27-23+,33-11+. The molecular weight excluding hydrogens is 488 g/mol. The van der Waals surface area contributed by atoms with E-state index in [1.165, 1.54) is 70.3 Å². The Kier molecular flexibility index (Phi) is 6.84. The van der Waals surface area contributed by atoms with E-state index in [0.717, 1.165) is 0 Å². The molecule has 0 aliphatic carbocycles. The summed E-state index contributed by atoms with van der Waals surface area (Å²) in [5.74, 6) is 0. The smallest absolute Gasteiger partial charge is 0.0433 e. The van der Waals surface area contributed by atoms with Gasteiger partial charge in [0.25, 0.3) is 0 Å². The van der Waals surface area contributed by atoms with Gasteiger partial charge in [-0.25, -0.2) is 0 Å². The molecule has 1 heteroatoms. The molecule has 39 heavy (non-hydrogen) atoms. The molecule has 188 valence electrons. The predicted octanol–water partition coefficient (Wildman–Crippen LogP) is 11.4. The van der Waals surface area contributed by atoms with E-state index < -0.39 is 0 Å². The summed E-state index contributed by atoms with van der Waals surface area (Å²) in [6.45, 7) is 8.36. The van der Waals surface area contributed by atoms with E-state index in [0.29, 0.717) is 0 Å². The lowest BCUT2D eigenvalue weighted by molar-refractivity contribution is 1.46. The minimum absolute atomic E-state index is 1.17. The molecule has 6 rings (SSSR count). The van der Waals surface area contributed by atoms with E-state index in [4.69, 9.17) is 0 Å². The number of thiophene rings is 1. The Balaban J connectivity index is 1.38. The first-order chi connectivity index (χ1) is 19.1. The summed E-state index contributed by atoms with van der Waals surface area (Å²) in [5, 5.41) is 2.63. The third-order valence-corrected chi connectivity index (χ3v) is 8.47. The van der Waals surface area contributed by atoms with E-state index in [-0.39, 0.29) is 0 Å². The van der Waals surface area contributed by atoms with Gasteiger partial charge in [-0.2, -0.15) is 0 Å². The summed E-state index contributed by atoms with van der Waals surface area (Å²) in [6.07, 6.45) is 6.30. The van der Waals surface area contributed by atoms with Crippen molar-refractivity contribution in [1.82, 2.24) is 0 Å². The monoisotopic (exact) mass is 518 g/mol. The molecule has 0 saturated heterocycles. The average Bonchev–Trinajstić information content (AvgIpc) is 3.36. The number of hydrogen-bond donors (Lipinski definition) is 0. The van der Waals surface area contributed by atoms with Crippen LogP contribution in [0.2, 0.25) is 0 Å². The molecule has 0 fully saturated rings. The van der Waals surface area contributed by atoms with Gasteiger partial charge < -0.3 is 0 Å². The molecule has 0 aliphatic heterocycles. The van der Waals surface area contributed by atoms with Crippen molar-refractivity contribution in [3.05, 3.63) is 157 Å². The molecule has 0 N–H and O–H groups in total. The van der Waals surface area contributed by atoms with Crippen molar-refractivity contribution in [2.45, 2.75) is 13.8 Å². The fourth-order valence-corrected chi connectivity index (χ4v) is 6.52. The van der Waals surface area contributed by atoms with Crippen LogP contribution in [0.3, 0.4) is 0 Å². The van der Waals surface area contributed by atoms with Crippen LogP contribution in [-0.4, -0.2) is 0 Å². The van der Waals surface area contributed by atoms with Crippen LogP contribution in [0.4, 0.5) is 0 Å². The highest BCUT2D eigenvalue weighted by molar-refractivity contribution is 7.26. The first kappa shape index (κ1) is 24.9. The third kappa shape index (κ3) is 5.02. The Morgan fingerprint density at radius 3 is 2.08 bits per heavy atom. The fraction of sp³-hybridized carbons (Fsp3) is 0.0526. The maximum atomic E-state index is 4.02. The molecule has 0 saturated carbocycles. The molecule has 5 aromatic carbocycles. The number of hydrogen-bond acceptors (Lipinski definition) is 1. The lowest BCUT2D eigenvalue weighted by Gasteiger charge is -2.10. The molecular formula is C38H30S. The molecule has 0 bridgehead atoms. The lowest BCUT2D eigenvalue weighted by Crippen LogP contribution is -1.87. The molecule has 0 spiro atoms. The van der Waals surface area contributed by atoms with Gasteiger partial charge in [0, 0.05) is 20.2 Å². The number of fused-ring (bicyclic) bond motifs is 3. The van der Waals surface area contributed by atoms with Gasteiger partial charge in [0.1, 0.15) is 0 Å². The molecule has 1 aromatic heterocycles. The molecule has 0 radical (unpaired) electrons. The molecule has 1 heterocycles. The van der Waals surface area contributed by atoms with Crippen LogP contribution in [-0.2, 0) is 0 Å². The number of rotatable bonds is 6. The van der Waals surface area contributed by atoms with Gasteiger partial charge in [-0.3, -0.25) is 0 Å². The van der Waals surface area contributed by atoms with E-state index in [1.54, 1.807) is 0 Å². The summed E-state index contributed by atoms with van der Waals surface area (Å²) in [7, 11) is 0. The van der Waals surface area contributed by atoms with E-state index in [9.17, 15) is 0 Å². The number of benzene rings is 5. The predicted molar refractivity (Wildman–Crippen MR) is 173 cm³/mol. The van der Waals surface area contributed by atoms with Crippen molar-refractivity contribution in [3.8, 4) is 22.3 Å². The molecule has 0 atom stereocenters. The van der Waals surface area contributed by atoms with Crippen LogP contribution in [0.25, 0.3) is 53.6 Å². The highest BCUT2D eigenvalue weighted by Gasteiger charge is 2.11. The largest absolute Gasteiger partial charge is 0.135 e. The minimum Gasteiger partial charge on any atom is -0.135 e. The Hall–Kier alpha value is -4.46. The van der Waals surface area contributed by atoms with Crippen LogP contribution < -0.4 is 0 Å². The highest BCUT2D eigenvalue weighted by Crippen LogP contribution is 2.39. The van der Waals surface area contributed by atoms with Gasteiger partial charge >= 0.3 is 0 Å². The topological polar surface area (TPSA) is 0 Å². The summed E-state index contributed by atoms with van der Waals surface area (Å²) in [4.78, 5) is 0. The van der Waals surface area contributed by atoms with Gasteiger partial charge in [-0.1, -0.05) is 127 Å². The van der Waals surface area contributed by atoms with Crippen LogP contribution in [0.15, 0.2) is 140 Å². The second-order valence-corrected chi connectivity index (χ2v) is 11.0. The van der Waals surface area contributed by atoms with Crippen molar-refractivity contribution >= 4 is 42.7 Å².